The van der Waals surface area contributed by atoms with E-state index in [1.807, 2.05) is 18.2 Å². The van der Waals surface area contributed by atoms with Crippen LogP contribution in [0.3, 0.4) is 0 Å². The molecule has 0 spiro atoms. The smallest absolute Gasteiger partial charge is 0.251 e. The average Bonchev–Trinajstić information content (AvgIpc) is 2.46. The minimum absolute atomic E-state index is 0.0380. The summed E-state index contributed by atoms with van der Waals surface area (Å²) in [6, 6.07) is 9.17. The zero-order valence-corrected chi connectivity index (χ0v) is 11.8. The van der Waals surface area contributed by atoms with E-state index in [9.17, 15) is 9.59 Å². The molecule has 104 valence electrons. The normalized spacial score (nSPS) is 9.95. The van der Waals surface area contributed by atoms with Gasteiger partial charge in [0.25, 0.3) is 5.91 Å². The molecule has 0 aliphatic carbocycles. The van der Waals surface area contributed by atoms with Gasteiger partial charge < -0.3 is 10.6 Å². The van der Waals surface area contributed by atoms with Crippen LogP contribution in [0.1, 0.15) is 29.6 Å². The number of nitrogens with one attached hydrogen (secondary N) is 2. The number of amides is 2. The number of benzene rings is 1. The summed E-state index contributed by atoms with van der Waals surface area (Å²) in [5, 5.41) is 5.63. The maximum absolute atomic E-state index is 11.7. The molecular weight excluding hydrogens is 260 g/mol. The Morgan fingerprint density at radius 1 is 0.947 bits per heavy atom. The monoisotopic (exact) mass is 280 g/mol. The van der Waals surface area contributed by atoms with Gasteiger partial charge in [0, 0.05) is 18.7 Å². The third kappa shape index (κ3) is 6.86. The summed E-state index contributed by atoms with van der Waals surface area (Å²) in [5.74, 6) is 0.150. The molecule has 0 aliphatic heterocycles. The minimum atomic E-state index is -0.0410. The van der Waals surface area contributed by atoms with Gasteiger partial charge in [-0.2, -0.15) is 12.6 Å². The Morgan fingerprint density at radius 3 is 2.21 bits per heavy atom. The molecule has 1 rings (SSSR count). The van der Waals surface area contributed by atoms with Crippen molar-refractivity contribution in [3.8, 4) is 0 Å². The van der Waals surface area contributed by atoms with Crippen molar-refractivity contribution < 1.29 is 9.59 Å². The number of thiol groups is 1. The van der Waals surface area contributed by atoms with E-state index in [-0.39, 0.29) is 17.6 Å². The zero-order chi connectivity index (χ0) is 13.9. The van der Waals surface area contributed by atoms with Crippen LogP contribution in [0.4, 0.5) is 0 Å². The predicted octanol–water partition coefficient (Wildman–Crippen LogP) is 1.63. The Labute approximate surface area is 119 Å². The standard InChI is InChI=1S/C14H20N2O2S/c17-13(11-19)15-9-5-2-6-10-16-14(18)12-7-3-1-4-8-12/h1,3-4,7-8,19H,2,5-6,9-11H2,(H,15,17)(H,16,18). The maximum Gasteiger partial charge on any atom is 0.251 e. The summed E-state index contributed by atoms with van der Waals surface area (Å²) in [4.78, 5) is 22.6. The molecule has 0 saturated heterocycles. The van der Waals surface area contributed by atoms with Crippen LogP contribution in [-0.2, 0) is 4.79 Å². The van der Waals surface area contributed by atoms with Gasteiger partial charge in [0.2, 0.25) is 5.91 Å². The fraction of sp³-hybridized carbons (Fsp3) is 0.429. The van der Waals surface area contributed by atoms with Crippen LogP contribution in [0.5, 0.6) is 0 Å². The van der Waals surface area contributed by atoms with Crippen LogP contribution in [0.25, 0.3) is 0 Å². The summed E-state index contributed by atoms with van der Waals surface area (Å²) in [6.45, 7) is 1.33. The lowest BCUT2D eigenvalue weighted by Gasteiger charge is -2.05. The number of rotatable bonds is 8. The second kappa shape index (κ2) is 9.44. The molecule has 0 saturated carbocycles. The summed E-state index contributed by atoms with van der Waals surface area (Å²) < 4.78 is 0. The van der Waals surface area contributed by atoms with Crippen LogP contribution in [-0.4, -0.2) is 30.7 Å². The first-order valence-electron chi connectivity index (χ1n) is 6.45. The van der Waals surface area contributed by atoms with Crippen molar-refractivity contribution in [2.75, 3.05) is 18.8 Å². The van der Waals surface area contributed by atoms with Gasteiger partial charge in [-0.1, -0.05) is 18.2 Å². The zero-order valence-electron chi connectivity index (χ0n) is 10.9. The van der Waals surface area contributed by atoms with Gasteiger partial charge in [-0.3, -0.25) is 9.59 Å². The van der Waals surface area contributed by atoms with Crippen LogP contribution in [0.2, 0.25) is 0 Å². The van der Waals surface area contributed by atoms with Gasteiger partial charge in [0.05, 0.1) is 5.75 Å². The van der Waals surface area contributed by atoms with Crippen molar-refractivity contribution in [3.63, 3.8) is 0 Å². The Kier molecular flexibility index (Phi) is 7.74. The molecule has 5 heteroatoms. The lowest BCUT2D eigenvalue weighted by atomic mass is 10.2. The highest BCUT2D eigenvalue weighted by atomic mass is 32.1. The molecule has 0 aliphatic rings. The highest BCUT2D eigenvalue weighted by Crippen LogP contribution is 1.98. The molecule has 0 atom stereocenters. The molecule has 0 unspecified atom stereocenters. The van der Waals surface area contributed by atoms with Gasteiger partial charge in [0.1, 0.15) is 0 Å². The van der Waals surface area contributed by atoms with E-state index in [0.29, 0.717) is 18.7 Å². The molecule has 2 amide bonds. The van der Waals surface area contributed by atoms with E-state index in [2.05, 4.69) is 23.3 Å². The molecule has 0 bridgehead atoms. The number of carbonyl (C=O) groups excluding carboxylic acids is 2. The molecule has 19 heavy (non-hydrogen) atoms. The van der Waals surface area contributed by atoms with Crippen LogP contribution >= 0.6 is 12.6 Å². The van der Waals surface area contributed by atoms with Gasteiger partial charge in [-0.25, -0.2) is 0 Å². The number of hydrogen-bond donors (Lipinski definition) is 3. The second-order valence-electron chi connectivity index (χ2n) is 4.19. The van der Waals surface area contributed by atoms with Gasteiger partial charge in [-0.15, -0.1) is 0 Å². The largest absolute Gasteiger partial charge is 0.355 e. The fourth-order valence-corrected chi connectivity index (χ4v) is 1.72. The average molecular weight is 280 g/mol. The molecule has 2 N–H and O–H groups in total. The number of carbonyl (C=O) groups is 2. The summed E-state index contributed by atoms with van der Waals surface area (Å²) >= 11 is 3.87. The van der Waals surface area contributed by atoms with Crippen molar-refractivity contribution in [2.24, 2.45) is 0 Å². The summed E-state index contributed by atoms with van der Waals surface area (Å²) in [7, 11) is 0. The van der Waals surface area contributed by atoms with E-state index in [1.165, 1.54) is 0 Å². The fourth-order valence-electron chi connectivity index (χ4n) is 1.60. The first-order valence-corrected chi connectivity index (χ1v) is 7.08. The molecular formula is C14H20N2O2S. The molecule has 0 fully saturated rings. The van der Waals surface area contributed by atoms with Crippen molar-refractivity contribution >= 4 is 24.4 Å². The Bertz CT molecular complexity index is 396. The minimum Gasteiger partial charge on any atom is -0.355 e. The molecule has 0 radical (unpaired) electrons. The SMILES string of the molecule is O=C(CS)NCCCCCNC(=O)c1ccccc1. The lowest BCUT2D eigenvalue weighted by Crippen LogP contribution is -2.26. The highest BCUT2D eigenvalue weighted by Gasteiger charge is 2.02. The molecule has 4 nitrogen and oxygen atoms in total. The third-order valence-corrected chi connectivity index (χ3v) is 2.93. The van der Waals surface area contributed by atoms with E-state index >= 15 is 0 Å². The highest BCUT2D eigenvalue weighted by molar-refractivity contribution is 7.81. The molecule has 1 aromatic rings. The van der Waals surface area contributed by atoms with Crippen LogP contribution in [0, 0.1) is 0 Å². The van der Waals surface area contributed by atoms with Crippen molar-refractivity contribution in [3.05, 3.63) is 35.9 Å². The van der Waals surface area contributed by atoms with Crippen LogP contribution in [0.15, 0.2) is 30.3 Å². The maximum atomic E-state index is 11.7. The molecule has 0 heterocycles. The first-order chi connectivity index (χ1) is 9.24. The van der Waals surface area contributed by atoms with Gasteiger partial charge >= 0.3 is 0 Å². The second-order valence-corrected chi connectivity index (χ2v) is 4.51. The molecule has 1 aromatic carbocycles. The van der Waals surface area contributed by atoms with Crippen molar-refractivity contribution in [2.45, 2.75) is 19.3 Å². The summed E-state index contributed by atoms with van der Waals surface area (Å²) in [5.41, 5.74) is 0.684. The summed E-state index contributed by atoms with van der Waals surface area (Å²) in [6.07, 6.45) is 2.80. The first kappa shape index (κ1) is 15.6. The quantitative estimate of drug-likeness (QED) is 0.501. The topological polar surface area (TPSA) is 58.2 Å². The Balaban J connectivity index is 2.02. The van der Waals surface area contributed by atoms with Crippen LogP contribution < -0.4 is 10.6 Å². The third-order valence-electron chi connectivity index (χ3n) is 2.64. The Morgan fingerprint density at radius 2 is 1.58 bits per heavy atom. The Hall–Kier alpha value is -1.49. The number of hydrogen-bond acceptors (Lipinski definition) is 3. The van der Waals surface area contributed by atoms with E-state index in [1.54, 1.807) is 12.1 Å². The molecule has 0 aromatic heterocycles. The number of unbranched alkanes of at least 4 members (excludes halogenated alkanes) is 2. The van der Waals surface area contributed by atoms with Gasteiger partial charge in [-0.05, 0) is 31.4 Å². The van der Waals surface area contributed by atoms with E-state index < -0.39 is 0 Å². The lowest BCUT2D eigenvalue weighted by molar-refractivity contribution is -0.118. The van der Waals surface area contributed by atoms with E-state index in [0.717, 1.165) is 19.3 Å². The van der Waals surface area contributed by atoms with Crippen molar-refractivity contribution in [1.29, 1.82) is 0 Å². The predicted molar refractivity (Wildman–Crippen MR) is 79.5 cm³/mol. The van der Waals surface area contributed by atoms with Crippen molar-refractivity contribution in [1.82, 2.24) is 10.6 Å². The van der Waals surface area contributed by atoms with E-state index in [4.69, 9.17) is 0 Å². The van der Waals surface area contributed by atoms with Gasteiger partial charge in [0.15, 0.2) is 0 Å².